The van der Waals surface area contributed by atoms with Gasteiger partial charge in [0.25, 0.3) is 0 Å². The minimum atomic E-state index is -0.272. The van der Waals surface area contributed by atoms with Crippen molar-refractivity contribution in [3.05, 3.63) is 88.0 Å². The predicted octanol–water partition coefficient (Wildman–Crippen LogP) is 5.74. The number of hydrogen-bond donors (Lipinski definition) is 1. The largest absolute Gasteiger partial charge is 0.491 e. The van der Waals surface area contributed by atoms with Gasteiger partial charge in [0.2, 0.25) is 5.88 Å². The van der Waals surface area contributed by atoms with E-state index in [4.69, 9.17) is 19.9 Å². The van der Waals surface area contributed by atoms with Gasteiger partial charge in [0.1, 0.15) is 28.9 Å². The smallest absolute Gasteiger partial charge is 0.205 e. The third-order valence-electron chi connectivity index (χ3n) is 6.23. The number of benzene rings is 2. The lowest BCUT2D eigenvalue weighted by Gasteiger charge is -2.38. The summed E-state index contributed by atoms with van der Waals surface area (Å²) >= 11 is 0. The molecule has 2 aromatic rings. The van der Waals surface area contributed by atoms with Crippen molar-refractivity contribution in [1.29, 1.82) is 5.26 Å². The molecule has 2 aromatic carbocycles. The van der Waals surface area contributed by atoms with Crippen LogP contribution in [0, 0.1) is 11.3 Å². The van der Waals surface area contributed by atoms with E-state index in [-0.39, 0.29) is 24.0 Å². The molecule has 0 saturated heterocycles. The van der Waals surface area contributed by atoms with Crippen LogP contribution in [0.15, 0.2) is 76.9 Å². The van der Waals surface area contributed by atoms with Gasteiger partial charge in [-0.2, -0.15) is 5.26 Å². The zero-order valence-electron chi connectivity index (χ0n) is 21.7. The molecule has 2 N–H and O–H groups in total. The van der Waals surface area contributed by atoms with E-state index >= 15 is 0 Å². The molecule has 0 aliphatic carbocycles. The molecule has 1 atom stereocenters. The Hall–Kier alpha value is -3.69. The first-order valence-corrected chi connectivity index (χ1v) is 12.6. The highest BCUT2D eigenvalue weighted by Crippen LogP contribution is 2.44. The summed E-state index contributed by atoms with van der Waals surface area (Å²) in [4.78, 5) is 2.35. The maximum absolute atomic E-state index is 10.0. The van der Waals surface area contributed by atoms with Gasteiger partial charge < -0.3 is 19.9 Å². The summed E-state index contributed by atoms with van der Waals surface area (Å²) in [6.07, 6.45) is 2.35. The van der Waals surface area contributed by atoms with E-state index < -0.39 is 0 Å². The van der Waals surface area contributed by atoms with Gasteiger partial charge in [-0.3, -0.25) is 4.90 Å². The van der Waals surface area contributed by atoms with Crippen LogP contribution in [0.1, 0.15) is 51.7 Å². The highest BCUT2D eigenvalue weighted by atomic mass is 16.5. The second-order valence-electron chi connectivity index (χ2n) is 9.72. The highest BCUT2D eigenvalue weighted by molar-refractivity contribution is 5.63. The lowest BCUT2D eigenvalue weighted by molar-refractivity contribution is 0.238. The standard InChI is InChI=1S/C30H35N3O3/c1-6-33-17-23(15-21-7-11-24(12-8-21)34-19(2)3)29-27(18-33)28(26(16-31)30(32)36-29)22-9-13-25(14-10-22)35-20(4)5/h7-15,19-20,28H,6,17-18,32H2,1-5H3/b23-15+. The molecule has 0 bridgehead atoms. The van der Waals surface area contributed by atoms with E-state index in [1.807, 2.05) is 76.2 Å². The molecule has 2 aliphatic rings. The molecule has 0 amide bonds. The summed E-state index contributed by atoms with van der Waals surface area (Å²) in [6.45, 7) is 12.5. The van der Waals surface area contributed by atoms with Crippen molar-refractivity contribution in [1.82, 2.24) is 4.90 Å². The van der Waals surface area contributed by atoms with Crippen molar-refractivity contribution in [2.75, 3.05) is 19.6 Å². The quantitative estimate of drug-likeness (QED) is 0.538. The number of nitrogens with zero attached hydrogens (tertiary/aromatic N) is 2. The van der Waals surface area contributed by atoms with E-state index in [2.05, 4.69) is 24.0 Å². The van der Waals surface area contributed by atoms with Crippen LogP contribution in [0.5, 0.6) is 11.5 Å². The molecule has 0 saturated carbocycles. The highest BCUT2D eigenvalue weighted by Gasteiger charge is 2.37. The Balaban J connectivity index is 1.75. The molecule has 188 valence electrons. The first-order valence-electron chi connectivity index (χ1n) is 12.6. The molecule has 1 unspecified atom stereocenters. The van der Waals surface area contributed by atoms with Gasteiger partial charge in [0.15, 0.2) is 0 Å². The Kier molecular flexibility index (Phi) is 7.71. The van der Waals surface area contributed by atoms with Crippen molar-refractivity contribution >= 4 is 6.08 Å². The summed E-state index contributed by atoms with van der Waals surface area (Å²) in [7, 11) is 0. The third kappa shape index (κ3) is 5.58. The molecular weight excluding hydrogens is 450 g/mol. The van der Waals surface area contributed by atoms with Crippen LogP contribution in [0.4, 0.5) is 0 Å². The summed E-state index contributed by atoms with van der Waals surface area (Å²) in [6, 6.07) is 18.3. The van der Waals surface area contributed by atoms with Crippen LogP contribution in [0.25, 0.3) is 6.08 Å². The summed E-state index contributed by atoms with van der Waals surface area (Å²) in [5.41, 5.74) is 10.9. The van der Waals surface area contributed by atoms with E-state index in [1.54, 1.807) is 0 Å². The van der Waals surface area contributed by atoms with Gasteiger partial charge in [0, 0.05) is 18.7 Å². The van der Waals surface area contributed by atoms with Gasteiger partial charge in [0.05, 0.1) is 18.1 Å². The number of likely N-dealkylation sites (N-methyl/N-ethyl adjacent to an activating group) is 1. The average Bonchev–Trinajstić information content (AvgIpc) is 2.84. The topological polar surface area (TPSA) is 80.7 Å². The fourth-order valence-corrected chi connectivity index (χ4v) is 4.67. The fraction of sp³-hybridized carbons (Fsp3) is 0.367. The molecule has 2 heterocycles. The summed E-state index contributed by atoms with van der Waals surface area (Å²) < 4.78 is 17.8. The minimum absolute atomic E-state index is 0.0913. The van der Waals surface area contributed by atoms with Crippen molar-refractivity contribution in [2.24, 2.45) is 5.73 Å². The monoisotopic (exact) mass is 485 g/mol. The summed E-state index contributed by atoms with van der Waals surface area (Å²) in [5.74, 6) is 2.31. The van der Waals surface area contributed by atoms with E-state index in [0.717, 1.165) is 52.6 Å². The Bertz CT molecular complexity index is 1220. The normalized spacial score (nSPS) is 19.4. The third-order valence-corrected chi connectivity index (χ3v) is 6.23. The van der Waals surface area contributed by atoms with E-state index in [0.29, 0.717) is 12.1 Å². The number of nitrogens with two attached hydrogens (primary N) is 1. The first-order chi connectivity index (χ1) is 17.3. The average molecular weight is 486 g/mol. The molecule has 0 fully saturated rings. The van der Waals surface area contributed by atoms with Crippen LogP contribution >= 0.6 is 0 Å². The summed E-state index contributed by atoms with van der Waals surface area (Å²) in [5, 5.41) is 10.0. The molecule has 0 radical (unpaired) electrons. The van der Waals surface area contributed by atoms with Gasteiger partial charge in [-0.15, -0.1) is 0 Å². The van der Waals surface area contributed by atoms with E-state index in [9.17, 15) is 5.26 Å². The second kappa shape index (κ2) is 10.9. The van der Waals surface area contributed by atoms with Gasteiger partial charge in [-0.25, -0.2) is 0 Å². The number of ether oxygens (including phenoxy) is 3. The SMILES string of the molecule is CCN1CC2=C(OC(N)=C(C#N)C2c2ccc(OC(C)C)cc2)/C(=C/c2ccc(OC(C)C)cc2)C1. The Morgan fingerprint density at radius 3 is 2.11 bits per heavy atom. The minimum Gasteiger partial charge on any atom is -0.491 e. The second-order valence-corrected chi connectivity index (χ2v) is 9.72. The van der Waals surface area contributed by atoms with Crippen molar-refractivity contribution < 1.29 is 14.2 Å². The van der Waals surface area contributed by atoms with Crippen molar-refractivity contribution in [3.8, 4) is 17.6 Å². The zero-order chi connectivity index (χ0) is 25.8. The Morgan fingerprint density at radius 2 is 1.58 bits per heavy atom. The maximum atomic E-state index is 10.0. The van der Waals surface area contributed by atoms with E-state index in [1.165, 1.54) is 0 Å². The van der Waals surface area contributed by atoms with Crippen LogP contribution in [0.3, 0.4) is 0 Å². The van der Waals surface area contributed by atoms with Gasteiger partial charge >= 0.3 is 0 Å². The van der Waals surface area contributed by atoms with Crippen molar-refractivity contribution in [2.45, 2.75) is 52.7 Å². The maximum Gasteiger partial charge on any atom is 0.205 e. The fourth-order valence-electron chi connectivity index (χ4n) is 4.67. The Morgan fingerprint density at radius 1 is 1.00 bits per heavy atom. The van der Waals surface area contributed by atoms with Crippen LogP contribution in [0.2, 0.25) is 0 Å². The number of hydrogen-bond acceptors (Lipinski definition) is 6. The molecule has 6 heteroatoms. The first kappa shape index (κ1) is 25.4. The van der Waals surface area contributed by atoms with Crippen LogP contribution < -0.4 is 15.2 Å². The molecular formula is C30H35N3O3. The van der Waals surface area contributed by atoms with Gasteiger partial charge in [-0.1, -0.05) is 31.2 Å². The van der Waals surface area contributed by atoms with Crippen LogP contribution in [-0.4, -0.2) is 36.7 Å². The number of allylic oxidation sites excluding steroid dienone is 1. The molecule has 0 aromatic heterocycles. The molecule has 6 nitrogen and oxygen atoms in total. The molecule has 4 rings (SSSR count). The molecule has 0 spiro atoms. The van der Waals surface area contributed by atoms with Crippen molar-refractivity contribution in [3.63, 3.8) is 0 Å². The Labute approximate surface area is 214 Å². The molecule has 2 aliphatic heterocycles. The van der Waals surface area contributed by atoms with Crippen LogP contribution in [-0.2, 0) is 4.74 Å². The predicted molar refractivity (Wildman–Crippen MR) is 142 cm³/mol. The van der Waals surface area contributed by atoms with Gasteiger partial charge in [-0.05, 0) is 81.3 Å². The zero-order valence-corrected chi connectivity index (χ0v) is 21.7. The number of rotatable bonds is 7. The number of nitriles is 1. The molecule has 36 heavy (non-hydrogen) atoms. The lowest BCUT2D eigenvalue weighted by Crippen LogP contribution is -2.38. The lowest BCUT2D eigenvalue weighted by atomic mass is 9.80.